The van der Waals surface area contributed by atoms with Crippen molar-refractivity contribution < 1.29 is 14.7 Å². The van der Waals surface area contributed by atoms with Crippen LogP contribution in [0.25, 0.3) is 17.0 Å². The van der Waals surface area contributed by atoms with E-state index in [4.69, 9.17) is 0 Å². The van der Waals surface area contributed by atoms with E-state index in [-0.39, 0.29) is 17.3 Å². The summed E-state index contributed by atoms with van der Waals surface area (Å²) in [6, 6.07) is 21.7. The molecular formula is C27H20Br2N4O3. The first-order chi connectivity index (χ1) is 17.3. The Kier molecular flexibility index (Phi) is 7.92. The van der Waals surface area contributed by atoms with E-state index in [9.17, 15) is 14.7 Å². The van der Waals surface area contributed by atoms with Crippen molar-refractivity contribution >= 4 is 66.3 Å². The Balaban J connectivity index is 1.68. The summed E-state index contributed by atoms with van der Waals surface area (Å²) in [5, 5.41) is 21.4. The highest BCUT2D eigenvalue weighted by molar-refractivity contribution is 9.11. The van der Waals surface area contributed by atoms with Gasteiger partial charge in [-0.1, -0.05) is 70.5 Å². The third-order valence-corrected chi connectivity index (χ3v) is 6.18. The van der Waals surface area contributed by atoms with E-state index in [2.05, 4.69) is 52.4 Å². The number of halogens is 2. The molecule has 9 heteroatoms. The van der Waals surface area contributed by atoms with Gasteiger partial charge in [-0.2, -0.15) is 0 Å². The number of nitrogens with zero attached hydrogens (tertiary/aromatic N) is 2. The number of azo groups is 1. The Morgan fingerprint density at radius 3 is 2.36 bits per heavy atom. The fraction of sp³-hybridized carbons (Fsp3) is 0.0370. The molecule has 0 unspecified atom stereocenters. The van der Waals surface area contributed by atoms with Gasteiger partial charge in [0.05, 0.1) is 5.52 Å². The summed E-state index contributed by atoms with van der Waals surface area (Å²) in [4.78, 5) is 28.7. The van der Waals surface area contributed by atoms with E-state index in [1.807, 2.05) is 49.4 Å². The third-order valence-electron chi connectivity index (χ3n) is 5.10. The van der Waals surface area contributed by atoms with Gasteiger partial charge in [0.15, 0.2) is 5.69 Å². The van der Waals surface area contributed by atoms with Gasteiger partial charge in [0.1, 0.15) is 5.70 Å². The Labute approximate surface area is 223 Å². The first-order valence-electron chi connectivity index (χ1n) is 10.8. The Morgan fingerprint density at radius 2 is 1.67 bits per heavy atom. The fourth-order valence-corrected chi connectivity index (χ4v) is 4.78. The maximum atomic E-state index is 13.1. The first-order valence-corrected chi connectivity index (χ1v) is 12.4. The van der Waals surface area contributed by atoms with Crippen LogP contribution in [0, 0.1) is 0 Å². The molecule has 0 fully saturated rings. The number of benzene rings is 3. The number of H-pyrrole nitrogens is 1. The van der Waals surface area contributed by atoms with Crippen LogP contribution in [0.3, 0.4) is 0 Å². The zero-order chi connectivity index (χ0) is 25.7. The highest BCUT2D eigenvalue weighted by Gasteiger charge is 2.17. The monoisotopic (exact) mass is 606 g/mol. The fourth-order valence-electron chi connectivity index (χ4n) is 3.46. The molecule has 180 valence electrons. The van der Waals surface area contributed by atoms with E-state index >= 15 is 0 Å². The lowest BCUT2D eigenvalue weighted by Gasteiger charge is -2.07. The van der Waals surface area contributed by atoms with Crippen molar-refractivity contribution in [3.05, 3.63) is 110 Å². The Bertz CT molecular complexity index is 1530. The summed E-state index contributed by atoms with van der Waals surface area (Å²) in [6.45, 7) is 1.81. The molecule has 3 N–H and O–H groups in total. The average Bonchev–Trinajstić information content (AvgIpc) is 3.18. The number of aromatic amines is 1. The van der Waals surface area contributed by atoms with E-state index < -0.39 is 11.8 Å². The topological polar surface area (TPSA) is 107 Å². The lowest BCUT2D eigenvalue weighted by Crippen LogP contribution is -2.26. The van der Waals surface area contributed by atoms with Gasteiger partial charge in [-0.25, -0.2) is 0 Å². The maximum Gasteiger partial charge on any atom is 0.311 e. The van der Waals surface area contributed by atoms with Crippen molar-refractivity contribution in [3.63, 3.8) is 0 Å². The van der Waals surface area contributed by atoms with Crippen molar-refractivity contribution in [1.82, 2.24) is 10.3 Å². The molecule has 0 saturated heterocycles. The van der Waals surface area contributed by atoms with Crippen molar-refractivity contribution in [2.24, 2.45) is 10.2 Å². The molecule has 4 rings (SSSR count). The summed E-state index contributed by atoms with van der Waals surface area (Å²) in [7, 11) is 0. The Hall–Kier alpha value is -3.82. The normalized spacial score (nSPS) is 12.3. The molecule has 1 aromatic heterocycles. The highest BCUT2D eigenvalue weighted by atomic mass is 79.9. The number of nitrogens with one attached hydrogen (secondary N) is 2. The van der Waals surface area contributed by atoms with Gasteiger partial charge < -0.3 is 15.4 Å². The largest absolute Gasteiger partial charge is 0.493 e. The second kappa shape index (κ2) is 11.3. The van der Waals surface area contributed by atoms with Crippen LogP contribution in [-0.4, -0.2) is 21.9 Å². The number of aromatic hydroxyl groups is 1. The van der Waals surface area contributed by atoms with Crippen LogP contribution in [0.5, 0.6) is 5.88 Å². The van der Waals surface area contributed by atoms with Crippen LogP contribution in [-0.2, 0) is 4.79 Å². The van der Waals surface area contributed by atoms with Crippen molar-refractivity contribution in [3.8, 4) is 5.88 Å². The predicted octanol–water partition coefficient (Wildman–Crippen LogP) is 7.43. The number of aromatic nitrogens is 1. The number of hydrogen-bond donors (Lipinski definition) is 3. The summed E-state index contributed by atoms with van der Waals surface area (Å²) in [5.74, 6) is -1.47. The van der Waals surface area contributed by atoms with Crippen LogP contribution < -0.4 is 5.32 Å². The minimum Gasteiger partial charge on any atom is -0.493 e. The van der Waals surface area contributed by atoms with Crippen LogP contribution in [0.2, 0.25) is 0 Å². The van der Waals surface area contributed by atoms with E-state index in [0.29, 0.717) is 20.9 Å². The average molecular weight is 608 g/mol. The molecule has 0 saturated carbocycles. The molecule has 0 spiro atoms. The molecule has 2 amide bonds. The molecule has 0 aliphatic heterocycles. The molecule has 0 radical (unpaired) electrons. The lowest BCUT2D eigenvalue weighted by molar-refractivity contribution is -0.115. The van der Waals surface area contributed by atoms with Gasteiger partial charge in [-0.05, 0) is 64.3 Å². The second-order valence-electron chi connectivity index (χ2n) is 7.81. The van der Waals surface area contributed by atoms with Gasteiger partial charge in [-0.15, -0.1) is 10.2 Å². The molecule has 0 aliphatic rings. The van der Waals surface area contributed by atoms with Gasteiger partial charge >= 0.3 is 5.91 Å². The van der Waals surface area contributed by atoms with Gasteiger partial charge in [-0.3, -0.25) is 9.59 Å². The zero-order valence-corrected chi connectivity index (χ0v) is 22.2. The number of amides is 2. The first kappa shape index (κ1) is 25.3. The van der Waals surface area contributed by atoms with E-state index in [1.54, 1.807) is 36.4 Å². The molecule has 0 aliphatic carbocycles. The molecule has 4 aromatic rings. The van der Waals surface area contributed by atoms with E-state index in [0.717, 1.165) is 15.6 Å². The number of carbonyl (C=O) groups is 2. The number of rotatable bonds is 6. The molecule has 1 heterocycles. The number of carbonyl (C=O) groups excluding carboxylic acids is 2. The SMILES string of the molecule is CC(=C/c1ccccc1)/C=C(/NC(=O)c1ccccc1)C(=O)N=Nc1c(O)[nH]c2c(Br)cc(Br)cc12. The summed E-state index contributed by atoms with van der Waals surface area (Å²) < 4.78 is 1.45. The molecule has 0 atom stereocenters. The molecule has 7 nitrogen and oxygen atoms in total. The smallest absolute Gasteiger partial charge is 0.311 e. The Morgan fingerprint density at radius 1 is 1.00 bits per heavy atom. The summed E-state index contributed by atoms with van der Waals surface area (Å²) in [6.07, 6.45) is 3.41. The lowest BCUT2D eigenvalue weighted by atomic mass is 10.1. The minimum absolute atomic E-state index is 0.0565. The van der Waals surface area contributed by atoms with E-state index in [1.165, 1.54) is 6.08 Å². The van der Waals surface area contributed by atoms with Gasteiger partial charge in [0.25, 0.3) is 5.91 Å². The predicted molar refractivity (Wildman–Crippen MR) is 147 cm³/mol. The minimum atomic E-state index is -0.775. The highest BCUT2D eigenvalue weighted by Crippen LogP contribution is 2.40. The number of allylic oxidation sites excluding steroid dienone is 2. The number of hydrogen-bond acceptors (Lipinski definition) is 4. The molecule has 36 heavy (non-hydrogen) atoms. The van der Waals surface area contributed by atoms with Gasteiger partial charge in [0, 0.05) is 19.9 Å². The zero-order valence-electron chi connectivity index (χ0n) is 19.0. The van der Waals surface area contributed by atoms with Crippen LogP contribution >= 0.6 is 31.9 Å². The number of fused-ring (bicyclic) bond motifs is 1. The molecule has 0 bridgehead atoms. The standard InChI is InChI=1S/C27H20Br2N4O3/c1-16(12-17-8-4-2-5-9-17)13-22(30-25(34)18-10-6-3-7-11-18)26(35)33-32-24-20-14-19(28)15-21(29)23(20)31-27(24)36/h2-15,31,36H,1H3,(H,30,34)/b16-12-,22-13+,33-32?. The maximum absolute atomic E-state index is 13.1. The van der Waals surface area contributed by atoms with Crippen molar-refractivity contribution in [1.29, 1.82) is 0 Å². The second-order valence-corrected chi connectivity index (χ2v) is 9.58. The summed E-state index contributed by atoms with van der Waals surface area (Å²) >= 11 is 6.83. The van der Waals surface area contributed by atoms with Crippen LogP contribution in [0.15, 0.2) is 109 Å². The van der Waals surface area contributed by atoms with Crippen molar-refractivity contribution in [2.75, 3.05) is 0 Å². The summed E-state index contributed by atoms with van der Waals surface area (Å²) in [5.41, 5.74) is 2.70. The third kappa shape index (κ3) is 6.05. The van der Waals surface area contributed by atoms with Crippen molar-refractivity contribution in [2.45, 2.75) is 6.92 Å². The van der Waals surface area contributed by atoms with Gasteiger partial charge in [0.2, 0.25) is 5.88 Å². The van der Waals surface area contributed by atoms with Crippen LogP contribution in [0.1, 0.15) is 22.8 Å². The quantitative estimate of drug-likeness (QED) is 0.120. The molecular weight excluding hydrogens is 588 g/mol. The van der Waals surface area contributed by atoms with Crippen LogP contribution in [0.4, 0.5) is 5.69 Å². The molecule has 3 aromatic carbocycles.